The molecule has 3 nitrogen and oxygen atoms in total. The fourth-order valence-corrected chi connectivity index (χ4v) is 0.977. The van der Waals surface area contributed by atoms with E-state index in [0.717, 1.165) is 5.69 Å². The summed E-state index contributed by atoms with van der Waals surface area (Å²) < 4.78 is 0. The van der Waals surface area contributed by atoms with Crippen molar-refractivity contribution in [2.75, 3.05) is 0 Å². The van der Waals surface area contributed by atoms with Crippen molar-refractivity contribution in [3.8, 4) is 0 Å². The zero-order valence-corrected chi connectivity index (χ0v) is 7.23. The Bertz CT molecular complexity index is 267. The van der Waals surface area contributed by atoms with E-state index in [2.05, 4.69) is 10.1 Å². The molecule has 1 heterocycles. The van der Waals surface area contributed by atoms with Crippen LogP contribution in [0.1, 0.15) is 19.5 Å². The predicted molar refractivity (Wildman–Crippen MR) is 47.4 cm³/mol. The van der Waals surface area contributed by atoms with Crippen LogP contribution in [0.15, 0.2) is 29.6 Å². The van der Waals surface area contributed by atoms with Crippen LogP contribution in [0.2, 0.25) is 0 Å². The normalized spacial score (nSPS) is 12.1. The van der Waals surface area contributed by atoms with Gasteiger partial charge in [-0.25, -0.2) is 0 Å². The minimum atomic E-state index is 0.185. The summed E-state index contributed by atoms with van der Waals surface area (Å²) in [6.45, 7) is 3.92. The molecule has 0 saturated heterocycles. The van der Waals surface area contributed by atoms with Gasteiger partial charge in [-0.15, -0.1) is 0 Å². The third-order valence-electron chi connectivity index (χ3n) is 1.58. The Hall–Kier alpha value is -1.38. The van der Waals surface area contributed by atoms with Gasteiger partial charge in [0, 0.05) is 12.1 Å². The van der Waals surface area contributed by atoms with E-state index in [-0.39, 0.29) is 5.92 Å². The maximum Gasteiger partial charge on any atom is 0.108 e. The minimum Gasteiger partial charge on any atom is -0.411 e. The number of hydrogen-bond acceptors (Lipinski definition) is 3. The van der Waals surface area contributed by atoms with Gasteiger partial charge in [0.05, 0.1) is 5.69 Å². The smallest absolute Gasteiger partial charge is 0.108 e. The lowest BCUT2D eigenvalue weighted by atomic mass is 10.1. The van der Waals surface area contributed by atoms with Gasteiger partial charge in [-0.3, -0.25) is 4.98 Å². The van der Waals surface area contributed by atoms with Crippen molar-refractivity contribution in [2.24, 2.45) is 11.1 Å². The van der Waals surface area contributed by atoms with Crippen LogP contribution in [0.5, 0.6) is 0 Å². The molecular weight excluding hydrogens is 152 g/mol. The summed E-state index contributed by atoms with van der Waals surface area (Å²) in [6.07, 6.45) is 1.68. The van der Waals surface area contributed by atoms with Crippen molar-refractivity contribution in [1.29, 1.82) is 0 Å². The van der Waals surface area contributed by atoms with E-state index in [4.69, 9.17) is 5.21 Å². The summed E-state index contributed by atoms with van der Waals surface area (Å²) in [5.74, 6) is 0.185. The van der Waals surface area contributed by atoms with Gasteiger partial charge in [0.25, 0.3) is 0 Å². The topological polar surface area (TPSA) is 45.5 Å². The maximum absolute atomic E-state index is 8.70. The first-order chi connectivity index (χ1) is 5.75. The molecule has 1 N–H and O–H groups in total. The van der Waals surface area contributed by atoms with E-state index in [1.807, 2.05) is 32.0 Å². The Morgan fingerprint density at radius 3 is 2.67 bits per heavy atom. The summed E-state index contributed by atoms with van der Waals surface area (Å²) in [4.78, 5) is 4.08. The van der Waals surface area contributed by atoms with E-state index in [1.54, 1.807) is 6.20 Å². The van der Waals surface area contributed by atoms with E-state index in [1.165, 1.54) is 0 Å². The number of nitrogens with zero attached hydrogens (tertiary/aromatic N) is 2. The van der Waals surface area contributed by atoms with Gasteiger partial charge in [0.1, 0.15) is 5.71 Å². The third-order valence-corrected chi connectivity index (χ3v) is 1.58. The lowest BCUT2D eigenvalue weighted by molar-refractivity contribution is 0.316. The highest BCUT2D eigenvalue weighted by Crippen LogP contribution is 2.05. The highest BCUT2D eigenvalue weighted by Gasteiger charge is 2.08. The number of aromatic nitrogens is 1. The molecule has 0 amide bonds. The second kappa shape index (κ2) is 3.85. The van der Waals surface area contributed by atoms with Crippen molar-refractivity contribution >= 4 is 5.71 Å². The van der Waals surface area contributed by atoms with Gasteiger partial charge >= 0.3 is 0 Å². The van der Waals surface area contributed by atoms with Crippen molar-refractivity contribution in [2.45, 2.75) is 13.8 Å². The predicted octanol–water partition coefficient (Wildman–Crippen LogP) is 1.92. The molecule has 0 aromatic carbocycles. The molecule has 12 heavy (non-hydrogen) atoms. The quantitative estimate of drug-likeness (QED) is 0.412. The SMILES string of the molecule is CC(C)C(=NO)c1ccccn1. The first kappa shape index (κ1) is 8.71. The van der Waals surface area contributed by atoms with Crippen molar-refractivity contribution in [3.05, 3.63) is 30.1 Å². The van der Waals surface area contributed by atoms with Crippen LogP contribution in [0, 0.1) is 5.92 Å². The molecule has 0 bridgehead atoms. The minimum absolute atomic E-state index is 0.185. The van der Waals surface area contributed by atoms with Crippen LogP contribution in [0.4, 0.5) is 0 Å². The number of rotatable bonds is 2. The average Bonchev–Trinajstić information content (AvgIpc) is 2.07. The van der Waals surface area contributed by atoms with Crippen molar-refractivity contribution in [1.82, 2.24) is 4.98 Å². The molecule has 3 heteroatoms. The molecule has 64 valence electrons. The molecule has 0 spiro atoms. The molecule has 0 aliphatic rings. The van der Waals surface area contributed by atoms with Crippen molar-refractivity contribution in [3.63, 3.8) is 0 Å². The number of oxime groups is 1. The maximum atomic E-state index is 8.70. The second-order valence-electron chi connectivity index (χ2n) is 2.85. The van der Waals surface area contributed by atoms with Crippen molar-refractivity contribution < 1.29 is 5.21 Å². The Morgan fingerprint density at radius 1 is 1.50 bits per heavy atom. The van der Waals surface area contributed by atoms with Gasteiger partial charge in [0.2, 0.25) is 0 Å². The molecule has 0 aliphatic carbocycles. The van der Waals surface area contributed by atoms with Gasteiger partial charge < -0.3 is 5.21 Å². The van der Waals surface area contributed by atoms with E-state index in [0.29, 0.717) is 5.71 Å². The molecule has 0 aliphatic heterocycles. The lowest BCUT2D eigenvalue weighted by Crippen LogP contribution is -2.10. The summed E-state index contributed by atoms with van der Waals surface area (Å²) in [5, 5.41) is 11.9. The number of pyridine rings is 1. The van der Waals surface area contributed by atoms with E-state index < -0.39 is 0 Å². The van der Waals surface area contributed by atoms with Crippen LogP contribution >= 0.6 is 0 Å². The fraction of sp³-hybridized carbons (Fsp3) is 0.333. The van der Waals surface area contributed by atoms with Gasteiger partial charge in [-0.05, 0) is 12.1 Å². The Labute approximate surface area is 71.8 Å². The average molecular weight is 164 g/mol. The Balaban J connectivity index is 2.97. The van der Waals surface area contributed by atoms with Gasteiger partial charge in [0.15, 0.2) is 0 Å². The molecule has 0 radical (unpaired) electrons. The summed E-state index contributed by atoms with van der Waals surface area (Å²) >= 11 is 0. The van der Waals surface area contributed by atoms with Gasteiger partial charge in [-0.2, -0.15) is 0 Å². The zero-order chi connectivity index (χ0) is 8.97. The molecule has 1 aromatic rings. The van der Waals surface area contributed by atoms with Crippen LogP contribution in [0.3, 0.4) is 0 Å². The second-order valence-corrected chi connectivity index (χ2v) is 2.85. The molecular formula is C9H12N2O. The largest absolute Gasteiger partial charge is 0.411 e. The number of hydrogen-bond donors (Lipinski definition) is 1. The van der Waals surface area contributed by atoms with Crippen LogP contribution in [0.25, 0.3) is 0 Å². The third kappa shape index (κ3) is 1.81. The monoisotopic (exact) mass is 164 g/mol. The van der Waals surface area contributed by atoms with Gasteiger partial charge in [-0.1, -0.05) is 25.1 Å². The van der Waals surface area contributed by atoms with E-state index in [9.17, 15) is 0 Å². The molecule has 1 aromatic heterocycles. The van der Waals surface area contributed by atoms with Crippen LogP contribution in [-0.4, -0.2) is 15.9 Å². The highest BCUT2D eigenvalue weighted by molar-refractivity contribution is 5.99. The van der Waals surface area contributed by atoms with E-state index >= 15 is 0 Å². The first-order valence-corrected chi connectivity index (χ1v) is 3.89. The highest BCUT2D eigenvalue weighted by atomic mass is 16.4. The fourth-order valence-electron chi connectivity index (χ4n) is 0.977. The molecule has 0 fully saturated rings. The summed E-state index contributed by atoms with van der Waals surface area (Å²) in [6, 6.07) is 5.53. The molecule has 1 rings (SSSR count). The summed E-state index contributed by atoms with van der Waals surface area (Å²) in [7, 11) is 0. The zero-order valence-electron chi connectivity index (χ0n) is 7.23. The lowest BCUT2D eigenvalue weighted by Gasteiger charge is -2.05. The Morgan fingerprint density at radius 2 is 2.25 bits per heavy atom. The first-order valence-electron chi connectivity index (χ1n) is 3.89. The van der Waals surface area contributed by atoms with Crippen LogP contribution in [-0.2, 0) is 0 Å². The Kier molecular flexibility index (Phi) is 2.80. The molecule has 0 saturated carbocycles. The van der Waals surface area contributed by atoms with Crippen LogP contribution < -0.4 is 0 Å². The molecule has 0 unspecified atom stereocenters. The molecule has 0 atom stereocenters. The summed E-state index contributed by atoms with van der Waals surface area (Å²) in [5.41, 5.74) is 1.35. The standard InChI is InChI=1S/C9H12N2O/c1-7(2)9(11-12)8-5-3-4-6-10-8/h3-7,12H,1-2H3.